The molecule has 1 heterocycles. The Morgan fingerprint density at radius 2 is 2.27 bits per heavy atom. The van der Waals surface area contributed by atoms with Crippen LogP contribution in [0.3, 0.4) is 0 Å². The molecule has 0 aliphatic carbocycles. The lowest BCUT2D eigenvalue weighted by Gasteiger charge is -2.21. The molecule has 0 fully saturated rings. The van der Waals surface area contributed by atoms with Crippen molar-refractivity contribution < 1.29 is 0 Å². The minimum atomic E-state index is 0.401. The Morgan fingerprint density at radius 1 is 1.55 bits per heavy atom. The van der Waals surface area contributed by atoms with Crippen molar-refractivity contribution >= 4 is 28.6 Å². The zero-order valence-electron chi connectivity index (χ0n) is 7.39. The van der Waals surface area contributed by atoms with E-state index < -0.39 is 0 Å². The van der Waals surface area contributed by atoms with Gasteiger partial charge in [-0.15, -0.1) is 11.8 Å². The Morgan fingerprint density at radius 3 is 2.91 bits per heavy atom. The predicted octanol–water partition coefficient (Wildman–Crippen LogP) is 2.66. The second-order valence-electron chi connectivity index (χ2n) is 3.26. The van der Waals surface area contributed by atoms with E-state index in [-0.39, 0.29) is 0 Å². The monoisotopic (exact) mass is 189 g/mol. The molecule has 1 rings (SSSR count). The molecule has 11 heavy (non-hydrogen) atoms. The van der Waals surface area contributed by atoms with Crippen LogP contribution in [0.2, 0.25) is 0 Å². The van der Waals surface area contributed by atoms with Gasteiger partial charge in [0.1, 0.15) is 0 Å². The van der Waals surface area contributed by atoms with E-state index in [9.17, 15) is 0 Å². The van der Waals surface area contributed by atoms with Crippen LogP contribution < -0.4 is 0 Å². The second kappa shape index (κ2) is 3.85. The first-order chi connectivity index (χ1) is 5.14. The first kappa shape index (κ1) is 9.46. The average Bonchev–Trinajstić information content (AvgIpc) is 2.10. The summed E-state index contributed by atoms with van der Waals surface area (Å²) in [5.41, 5.74) is 0. The van der Waals surface area contributed by atoms with E-state index in [2.05, 4.69) is 25.1 Å². The van der Waals surface area contributed by atoms with Crippen LogP contribution in [0.5, 0.6) is 0 Å². The summed E-state index contributed by atoms with van der Waals surface area (Å²) < 4.78 is 0.401. The molecule has 0 saturated heterocycles. The highest BCUT2D eigenvalue weighted by atomic mass is 32.2. The lowest BCUT2D eigenvalue weighted by atomic mass is 10.1. The van der Waals surface area contributed by atoms with Gasteiger partial charge in [-0.3, -0.25) is 4.99 Å². The fourth-order valence-corrected chi connectivity index (χ4v) is 2.89. The summed E-state index contributed by atoms with van der Waals surface area (Å²) in [5.74, 6) is 1.18. The molecule has 0 atom stereocenters. The molecule has 0 bridgehead atoms. The maximum Gasteiger partial charge on any atom is 0.0687 e. The zero-order valence-corrected chi connectivity index (χ0v) is 9.02. The average molecular weight is 189 g/mol. The van der Waals surface area contributed by atoms with Gasteiger partial charge in [0.15, 0.2) is 0 Å². The van der Waals surface area contributed by atoms with E-state index in [1.165, 1.54) is 10.8 Å². The van der Waals surface area contributed by atoms with Crippen LogP contribution in [0.15, 0.2) is 4.99 Å². The summed E-state index contributed by atoms with van der Waals surface area (Å²) in [6.45, 7) is 5.60. The maximum atomic E-state index is 4.50. The van der Waals surface area contributed by atoms with Crippen molar-refractivity contribution in [2.45, 2.75) is 25.0 Å². The van der Waals surface area contributed by atoms with E-state index in [1.807, 2.05) is 11.8 Å². The summed E-state index contributed by atoms with van der Waals surface area (Å²) in [5, 5.41) is 1.32. The first-order valence-corrected chi connectivity index (χ1v) is 6.06. The Bertz CT molecular complexity index is 163. The lowest BCUT2D eigenvalue weighted by Crippen LogP contribution is -2.17. The fourth-order valence-electron chi connectivity index (χ4n) is 1.10. The van der Waals surface area contributed by atoms with Gasteiger partial charge in [-0.05, 0) is 6.26 Å². The maximum absolute atomic E-state index is 4.50. The summed E-state index contributed by atoms with van der Waals surface area (Å²) >= 11 is 3.83. The second-order valence-corrected chi connectivity index (χ2v) is 5.95. The molecule has 0 radical (unpaired) electrons. The quantitative estimate of drug-likeness (QED) is 0.581. The molecule has 0 spiro atoms. The van der Waals surface area contributed by atoms with Crippen molar-refractivity contribution in [1.29, 1.82) is 0 Å². The summed E-state index contributed by atoms with van der Waals surface area (Å²) in [6.07, 6.45) is 3.25. The van der Waals surface area contributed by atoms with Gasteiger partial charge in [-0.1, -0.05) is 13.8 Å². The van der Waals surface area contributed by atoms with Gasteiger partial charge in [-0.2, -0.15) is 11.8 Å². The number of aliphatic imine (C=N–C) groups is 1. The van der Waals surface area contributed by atoms with E-state index in [0.29, 0.717) is 4.75 Å². The van der Waals surface area contributed by atoms with Gasteiger partial charge in [0.2, 0.25) is 0 Å². The molecule has 0 aromatic rings. The Hall–Kier alpha value is 0.370. The molecule has 64 valence electrons. The highest BCUT2D eigenvalue weighted by molar-refractivity contribution is 8.13. The molecule has 0 N–H and O–H groups in total. The molecule has 1 aliphatic heterocycles. The molecule has 0 saturated carbocycles. The summed E-state index contributed by atoms with van der Waals surface area (Å²) in [4.78, 5) is 4.50. The highest BCUT2D eigenvalue weighted by Crippen LogP contribution is 2.32. The van der Waals surface area contributed by atoms with Crippen LogP contribution in [0, 0.1) is 0 Å². The number of hydrogen-bond acceptors (Lipinski definition) is 3. The van der Waals surface area contributed by atoms with E-state index in [1.54, 1.807) is 11.8 Å². The zero-order chi connectivity index (χ0) is 8.32. The van der Waals surface area contributed by atoms with Gasteiger partial charge in [0, 0.05) is 23.5 Å². The van der Waals surface area contributed by atoms with Crippen molar-refractivity contribution in [2.75, 3.05) is 18.6 Å². The van der Waals surface area contributed by atoms with Gasteiger partial charge in [0.25, 0.3) is 0 Å². The number of hydrogen-bond donors (Lipinski definition) is 0. The van der Waals surface area contributed by atoms with Crippen molar-refractivity contribution in [2.24, 2.45) is 4.99 Å². The number of rotatable bonds is 0. The van der Waals surface area contributed by atoms with Crippen LogP contribution >= 0.6 is 23.5 Å². The van der Waals surface area contributed by atoms with E-state index >= 15 is 0 Å². The van der Waals surface area contributed by atoms with Crippen LogP contribution in [-0.4, -0.2) is 28.3 Å². The van der Waals surface area contributed by atoms with Crippen LogP contribution in [0.1, 0.15) is 20.3 Å². The van der Waals surface area contributed by atoms with E-state index in [4.69, 9.17) is 0 Å². The third-order valence-electron chi connectivity index (χ3n) is 1.68. The van der Waals surface area contributed by atoms with Crippen molar-refractivity contribution in [3.63, 3.8) is 0 Å². The largest absolute Gasteiger partial charge is 0.282 e. The summed E-state index contributed by atoms with van der Waals surface area (Å²) in [6, 6.07) is 0. The molecular weight excluding hydrogens is 174 g/mol. The molecule has 1 aliphatic rings. The number of nitrogens with zero attached hydrogens (tertiary/aromatic N) is 1. The molecule has 0 unspecified atom stereocenters. The topological polar surface area (TPSA) is 12.4 Å². The Labute approximate surface area is 77.4 Å². The summed E-state index contributed by atoms with van der Waals surface area (Å²) in [7, 11) is 0. The minimum Gasteiger partial charge on any atom is -0.282 e. The fraction of sp³-hybridized carbons (Fsp3) is 0.875. The van der Waals surface area contributed by atoms with E-state index in [0.717, 1.165) is 13.0 Å². The van der Waals surface area contributed by atoms with Gasteiger partial charge in [-0.25, -0.2) is 0 Å². The van der Waals surface area contributed by atoms with Gasteiger partial charge in [0.05, 0.1) is 5.04 Å². The Balaban J connectivity index is 2.60. The molecule has 0 amide bonds. The smallest absolute Gasteiger partial charge is 0.0687 e. The first-order valence-electron chi connectivity index (χ1n) is 3.85. The Kier molecular flexibility index (Phi) is 3.31. The van der Waals surface area contributed by atoms with Gasteiger partial charge >= 0.3 is 0 Å². The third-order valence-corrected chi connectivity index (χ3v) is 3.74. The lowest BCUT2D eigenvalue weighted by molar-refractivity contribution is 0.756. The van der Waals surface area contributed by atoms with Crippen molar-refractivity contribution in [1.82, 2.24) is 0 Å². The third kappa shape index (κ3) is 3.08. The number of thioether (sulfide) groups is 2. The van der Waals surface area contributed by atoms with Crippen molar-refractivity contribution in [3.8, 4) is 0 Å². The SMILES string of the molecule is CSC1=NCCSC(C)(C)C1. The van der Waals surface area contributed by atoms with Crippen LogP contribution in [-0.2, 0) is 0 Å². The minimum absolute atomic E-state index is 0.401. The standard InChI is InChI=1S/C8H15NS2/c1-8(2)6-7(10-3)9-4-5-11-8/h4-6H2,1-3H3. The molecular formula is C8H15NS2. The molecule has 0 aromatic carbocycles. The normalized spacial score (nSPS) is 24.1. The molecule has 0 aromatic heterocycles. The highest BCUT2D eigenvalue weighted by Gasteiger charge is 2.22. The van der Waals surface area contributed by atoms with Gasteiger partial charge < -0.3 is 0 Å². The molecule has 1 nitrogen and oxygen atoms in total. The van der Waals surface area contributed by atoms with Crippen LogP contribution in [0.25, 0.3) is 0 Å². The molecule has 3 heteroatoms. The predicted molar refractivity (Wildman–Crippen MR) is 57.0 cm³/mol. The van der Waals surface area contributed by atoms with Crippen molar-refractivity contribution in [3.05, 3.63) is 0 Å². The van der Waals surface area contributed by atoms with Crippen LogP contribution in [0.4, 0.5) is 0 Å².